The maximum atomic E-state index is 8.84. The largest absolute Gasteiger partial charge is 0.396 e. The van der Waals surface area contributed by atoms with Crippen LogP contribution in [0.15, 0.2) is 30.3 Å². The number of hydrogen-bond acceptors (Lipinski definition) is 2. The Kier molecular flexibility index (Phi) is 6.38. The highest BCUT2D eigenvalue weighted by Crippen LogP contribution is 2.21. The second-order valence-electron chi connectivity index (χ2n) is 5.66. The molecule has 1 aromatic rings. The van der Waals surface area contributed by atoms with Crippen LogP contribution in [0.4, 0.5) is 0 Å². The molecule has 0 spiro atoms. The zero-order chi connectivity index (χ0) is 13.3. The van der Waals surface area contributed by atoms with Gasteiger partial charge in [-0.05, 0) is 57.2 Å². The van der Waals surface area contributed by atoms with E-state index in [1.807, 2.05) is 0 Å². The Labute approximate surface area is 117 Å². The van der Waals surface area contributed by atoms with Crippen molar-refractivity contribution in [1.29, 1.82) is 0 Å². The van der Waals surface area contributed by atoms with Gasteiger partial charge in [0.05, 0.1) is 0 Å². The van der Waals surface area contributed by atoms with E-state index >= 15 is 0 Å². The topological polar surface area (TPSA) is 23.5 Å². The van der Waals surface area contributed by atoms with Crippen molar-refractivity contribution < 1.29 is 5.11 Å². The lowest BCUT2D eigenvalue weighted by Crippen LogP contribution is -2.41. The predicted molar refractivity (Wildman–Crippen MR) is 80.3 cm³/mol. The minimum absolute atomic E-state index is 0.341. The van der Waals surface area contributed by atoms with Crippen LogP contribution in [0.5, 0.6) is 0 Å². The number of piperidine rings is 1. The molecule has 1 aliphatic heterocycles. The number of rotatable bonds is 7. The smallest absolute Gasteiger partial charge is 0.0431 e. The highest BCUT2D eigenvalue weighted by atomic mass is 16.2. The second-order valence-corrected chi connectivity index (χ2v) is 5.66. The van der Waals surface area contributed by atoms with Crippen molar-refractivity contribution in [1.82, 2.24) is 4.90 Å². The lowest BCUT2D eigenvalue weighted by atomic mass is 9.95. The van der Waals surface area contributed by atoms with Crippen molar-refractivity contribution >= 4 is 0 Å². The number of nitrogens with zero attached hydrogens (tertiary/aromatic N) is 1. The third-order valence-corrected chi connectivity index (χ3v) is 4.17. The van der Waals surface area contributed by atoms with Crippen molar-refractivity contribution in [3.8, 4) is 0 Å². The van der Waals surface area contributed by atoms with Crippen LogP contribution in [0, 0.1) is 0 Å². The van der Waals surface area contributed by atoms with E-state index in [-0.39, 0.29) is 0 Å². The third kappa shape index (κ3) is 4.96. The summed E-state index contributed by atoms with van der Waals surface area (Å²) in [4.78, 5) is 2.67. The molecule has 0 amide bonds. The molecule has 0 radical (unpaired) electrons. The highest BCUT2D eigenvalue weighted by Gasteiger charge is 2.21. The zero-order valence-electron chi connectivity index (χ0n) is 11.9. The number of hydrogen-bond donors (Lipinski definition) is 1. The summed E-state index contributed by atoms with van der Waals surface area (Å²) < 4.78 is 0. The molecule has 2 nitrogen and oxygen atoms in total. The van der Waals surface area contributed by atoms with Crippen LogP contribution in [0.1, 0.15) is 44.1 Å². The van der Waals surface area contributed by atoms with Crippen molar-refractivity contribution in [2.24, 2.45) is 0 Å². The first kappa shape index (κ1) is 14.5. The molecule has 19 heavy (non-hydrogen) atoms. The molecule has 0 saturated carbocycles. The lowest BCUT2D eigenvalue weighted by Gasteiger charge is -2.36. The zero-order valence-corrected chi connectivity index (χ0v) is 11.9. The van der Waals surface area contributed by atoms with E-state index in [2.05, 4.69) is 35.2 Å². The molecule has 0 aromatic heterocycles. The highest BCUT2D eigenvalue weighted by molar-refractivity contribution is 5.16. The molecule has 1 aromatic carbocycles. The Bertz CT molecular complexity index is 338. The first-order valence-electron chi connectivity index (χ1n) is 7.79. The summed E-state index contributed by atoms with van der Waals surface area (Å²) >= 11 is 0. The van der Waals surface area contributed by atoms with Crippen molar-refractivity contribution in [2.75, 3.05) is 19.7 Å². The van der Waals surface area contributed by atoms with Crippen LogP contribution in [-0.4, -0.2) is 35.7 Å². The number of benzene rings is 1. The van der Waals surface area contributed by atoms with Gasteiger partial charge in [0.1, 0.15) is 0 Å². The van der Waals surface area contributed by atoms with Crippen molar-refractivity contribution in [3.63, 3.8) is 0 Å². The maximum absolute atomic E-state index is 8.84. The van der Waals surface area contributed by atoms with Crippen molar-refractivity contribution in [3.05, 3.63) is 35.9 Å². The summed E-state index contributed by atoms with van der Waals surface area (Å²) in [5, 5.41) is 8.84. The first-order valence-corrected chi connectivity index (χ1v) is 7.79. The molecule has 1 heterocycles. The predicted octanol–water partition coefficient (Wildman–Crippen LogP) is 3.25. The molecule has 1 aliphatic rings. The monoisotopic (exact) mass is 261 g/mol. The molecule has 0 aliphatic carbocycles. The Morgan fingerprint density at radius 1 is 1.05 bits per heavy atom. The molecule has 106 valence electrons. The molecule has 1 fully saturated rings. The van der Waals surface area contributed by atoms with E-state index < -0.39 is 0 Å². The number of aliphatic hydroxyl groups is 1. The minimum atomic E-state index is 0.341. The number of unbranched alkanes of at least 4 members (excludes halogenated alkanes) is 2. The molecule has 0 bridgehead atoms. The summed E-state index contributed by atoms with van der Waals surface area (Å²) in [6, 6.07) is 11.6. The SMILES string of the molecule is OCCCCCN1CCCCC1Cc1ccccc1. The Hall–Kier alpha value is -0.860. The summed E-state index contributed by atoms with van der Waals surface area (Å²) in [6.45, 7) is 2.81. The fraction of sp³-hybridized carbons (Fsp3) is 0.647. The van der Waals surface area contributed by atoms with Gasteiger partial charge in [-0.15, -0.1) is 0 Å². The van der Waals surface area contributed by atoms with Gasteiger partial charge in [-0.2, -0.15) is 0 Å². The third-order valence-electron chi connectivity index (χ3n) is 4.17. The van der Waals surface area contributed by atoms with Crippen LogP contribution in [0.25, 0.3) is 0 Å². The summed E-state index contributed by atoms with van der Waals surface area (Å²) in [6.07, 6.45) is 8.61. The van der Waals surface area contributed by atoms with Gasteiger partial charge in [-0.1, -0.05) is 36.8 Å². The molecule has 2 rings (SSSR count). The summed E-state index contributed by atoms with van der Waals surface area (Å²) in [7, 11) is 0. The van der Waals surface area contributed by atoms with E-state index in [1.54, 1.807) is 0 Å². The molecule has 1 N–H and O–H groups in total. The van der Waals surface area contributed by atoms with Crippen LogP contribution in [0.3, 0.4) is 0 Å². The van der Waals surface area contributed by atoms with E-state index in [0.29, 0.717) is 6.61 Å². The fourth-order valence-electron chi connectivity index (χ4n) is 3.08. The van der Waals surface area contributed by atoms with E-state index in [4.69, 9.17) is 5.11 Å². The average molecular weight is 261 g/mol. The first-order chi connectivity index (χ1) is 9.40. The Morgan fingerprint density at radius 2 is 1.89 bits per heavy atom. The van der Waals surface area contributed by atoms with Gasteiger partial charge in [0.15, 0.2) is 0 Å². The van der Waals surface area contributed by atoms with Crippen LogP contribution >= 0.6 is 0 Å². The molecule has 1 saturated heterocycles. The molecule has 2 heteroatoms. The van der Waals surface area contributed by atoms with Gasteiger partial charge in [0.2, 0.25) is 0 Å². The molecule has 1 unspecified atom stereocenters. The second kappa shape index (κ2) is 8.34. The van der Waals surface area contributed by atoms with Gasteiger partial charge in [0.25, 0.3) is 0 Å². The number of likely N-dealkylation sites (tertiary alicyclic amines) is 1. The quantitative estimate of drug-likeness (QED) is 0.762. The fourth-order valence-corrected chi connectivity index (χ4v) is 3.08. The molecular formula is C17H27NO. The van der Waals surface area contributed by atoms with E-state index in [1.165, 1.54) is 50.8 Å². The van der Waals surface area contributed by atoms with Crippen LogP contribution in [-0.2, 0) is 6.42 Å². The van der Waals surface area contributed by atoms with Crippen LogP contribution < -0.4 is 0 Å². The van der Waals surface area contributed by atoms with E-state index in [9.17, 15) is 0 Å². The van der Waals surface area contributed by atoms with E-state index in [0.717, 1.165) is 18.9 Å². The molecule has 1 atom stereocenters. The average Bonchev–Trinajstić information content (AvgIpc) is 2.46. The molecular weight excluding hydrogens is 234 g/mol. The summed E-state index contributed by atoms with van der Waals surface area (Å²) in [5.41, 5.74) is 1.47. The Morgan fingerprint density at radius 3 is 2.68 bits per heavy atom. The number of aliphatic hydroxyl groups excluding tert-OH is 1. The standard InChI is InChI=1S/C17H27NO/c19-14-8-2-6-12-18-13-7-5-11-17(18)15-16-9-3-1-4-10-16/h1,3-4,9-10,17,19H,2,5-8,11-15H2. The van der Waals surface area contributed by atoms with Gasteiger partial charge >= 0.3 is 0 Å². The summed E-state index contributed by atoms with van der Waals surface area (Å²) in [5.74, 6) is 0. The Balaban J connectivity index is 1.82. The van der Waals surface area contributed by atoms with Crippen molar-refractivity contribution in [2.45, 2.75) is 51.0 Å². The van der Waals surface area contributed by atoms with Gasteiger partial charge < -0.3 is 10.0 Å². The van der Waals surface area contributed by atoms with Crippen LogP contribution in [0.2, 0.25) is 0 Å². The maximum Gasteiger partial charge on any atom is 0.0431 e. The normalized spacial score (nSPS) is 20.6. The van der Waals surface area contributed by atoms with Gasteiger partial charge in [-0.25, -0.2) is 0 Å². The van der Waals surface area contributed by atoms with Gasteiger partial charge in [-0.3, -0.25) is 0 Å². The van der Waals surface area contributed by atoms with Gasteiger partial charge in [0, 0.05) is 12.6 Å². The lowest BCUT2D eigenvalue weighted by molar-refractivity contribution is 0.143. The minimum Gasteiger partial charge on any atom is -0.396 e.